The van der Waals surface area contributed by atoms with Crippen LogP contribution in [-0.4, -0.2) is 27.0 Å². The van der Waals surface area contributed by atoms with Gasteiger partial charge in [-0.15, -0.1) is 0 Å². The molecule has 2 amide bonds. The minimum atomic E-state index is -0.541. The maximum atomic E-state index is 12.6. The number of pyridine rings is 1. The molecule has 0 aliphatic rings. The van der Waals surface area contributed by atoms with Crippen molar-refractivity contribution in [2.24, 2.45) is 0 Å². The average molecular weight is 466 g/mol. The molecule has 7 nitrogen and oxygen atoms in total. The first-order chi connectivity index (χ1) is 15.5. The van der Waals surface area contributed by atoms with Crippen molar-refractivity contribution in [3.8, 4) is 11.3 Å². The zero-order valence-electron chi connectivity index (χ0n) is 16.6. The van der Waals surface area contributed by atoms with Crippen LogP contribution < -0.4 is 10.6 Å². The van der Waals surface area contributed by atoms with Crippen LogP contribution in [0.5, 0.6) is 0 Å². The molecule has 2 aromatic carbocycles. The second-order valence-corrected chi connectivity index (χ2v) is 7.62. The largest absolute Gasteiger partial charge is 0.347 e. The predicted octanol–water partition coefficient (Wildman–Crippen LogP) is 4.96. The van der Waals surface area contributed by atoms with Crippen LogP contribution in [0.25, 0.3) is 11.3 Å². The second-order valence-electron chi connectivity index (χ2n) is 6.80. The maximum Gasteiger partial charge on any atom is 0.271 e. The fourth-order valence-electron chi connectivity index (χ4n) is 3.05. The van der Waals surface area contributed by atoms with Gasteiger partial charge in [0.25, 0.3) is 11.8 Å². The Morgan fingerprint density at radius 2 is 1.66 bits per heavy atom. The molecule has 0 saturated carbocycles. The minimum Gasteiger partial charge on any atom is -0.347 e. The Bertz CT molecular complexity index is 1240. The third kappa shape index (κ3) is 4.80. The van der Waals surface area contributed by atoms with Crippen molar-refractivity contribution in [3.63, 3.8) is 0 Å². The molecule has 9 heteroatoms. The van der Waals surface area contributed by atoms with Crippen LogP contribution in [-0.2, 0) is 6.54 Å². The number of aromatic nitrogens is 3. The quantitative estimate of drug-likeness (QED) is 0.374. The lowest BCUT2D eigenvalue weighted by molar-refractivity contribution is 0.0946. The van der Waals surface area contributed by atoms with E-state index < -0.39 is 11.8 Å². The number of rotatable bonds is 6. The van der Waals surface area contributed by atoms with E-state index in [0.717, 1.165) is 16.8 Å². The number of aromatic amines is 1. The molecule has 32 heavy (non-hydrogen) atoms. The number of carbonyl (C=O) groups is 2. The van der Waals surface area contributed by atoms with E-state index in [1.165, 1.54) is 6.20 Å². The Morgan fingerprint density at radius 3 is 2.34 bits per heavy atom. The number of nitrogens with one attached hydrogen (secondary N) is 3. The Labute approximate surface area is 193 Å². The zero-order chi connectivity index (χ0) is 22.5. The summed E-state index contributed by atoms with van der Waals surface area (Å²) in [5, 5.41) is 12.3. The van der Waals surface area contributed by atoms with E-state index in [0.29, 0.717) is 6.54 Å². The van der Waals surface area contributed by atoms with Crippen LogP contribution in [0.3, 0.4) is 0 Å². The standard InChI is InChI=1S/C23H17Cl2N5O2/c24-16-4-3-5-17(25)20(16)22(31)29-19-13-28-30-21(19)23(32)27-12-14-7-9-15(10-8-14)18-6-1-2-11-26-18/h1-11,13H,12H2,(H,27,32)(H,28,30)(H,29,31). The van der Waals surface area contributed by atoms with Crippen molar-refractivity contribution in [3.05, 3.63) is 99.9 Å². The summed E-state index contributed by atoms with van der Waals surface area (Å²) in [5.41, 5.74) is 3.22. The normalized spacial score (nSPS) is 10.6. The average Bonchev–Trinajstić information content (AvgIpc) is 3.26. The predicted molar refractivity (Wildman–Crippen MR) is 124 cm³/mol. The Kier molecular flexibility index (Phi) is 6.49. The van der Waals surface area contributed by atoms with Crippen LogP contribution >= 0.6 is 23.2 Å². The number of benzene rings is 2. The van der Waals surface area contributed by atoms with Crippen LogP contribution in [0.1, 0.15) is 26.4 Å². The van der Waals surface area contributed by atoms with E-state index in [2.05, 4.69) is 25.8 Å². The summed E-state index contributed by atoms with van der Waals surface area (Å²) in [6.45, 7) is 0.296. The van der Waals surface area contributed by atoms with Crippen molar-refractivity contribution in [1.82, 2.24) is 20.5 Å². The number of hydrogen-bond acceptors (Lipinski definition) is 4. The lowest BCUT2D eigenvalue weighted by Gasteiger charge is -2.09. The Hall–Kier alpha value is -3.68. The summed E-state index contributed by atoms with van der Waals surface area (Å²) < 4.78 is 0. The van der Waals surface area contributed by atoms with E-state index in [1.807, 2.05) is 42.5 Å². The molecule has 0 radical (unpaired) electrons. The molecular formula is C23H17Cl2N5O2. The summed E-state index contributed by atoms with van der Waals surface area (Å²) in [6.07, 6.45) is 3.09. The number of halogens is 2. The topological polar surface area (TPSA) is 99.8 Å². The minimum absolute atomic E-state index is 0.117. The van der Waals surface area contributed by atoms with Gasteiger partial charge in [0.15, 0.2) is 0 Å². The molecule has 2 aromatic heterocycles. The highest BCUT2D eigenvalue weighted by Crippen LogP contribution is 2.25. The molecule has 0 aliphatic heterocycles. The van der Waals surface area contributed by atoms with E-state index in [1.54, 1.807) is 24.4 Å². The van der Waals surface area contributed by atoms with Crippen LogP contribution in [0.2, 0.25) is 10.0 Å². The van der Waals surface area contributed by atoms with Gasteiger partial charge >= 0.3 is 0 Å². The smallest absolute Gasteiger partial charge is 0.271 e. The van der Waals surface area contributed by atoms with Gasteiger partial charge in [0.05, 0.1) is 33.2 Å². The number of H-pyrrole nitrogens is 1. The van der Waals surface area contributed by atoms with Gasteiger partial charge < -0.3 is 10.6 Å². The molecule has 160 valence electrons. The van der Waals surface area contributed by atoms with Gasteiger partial charge in [0.1, 0.15) is 5.69 Å². The van der Waals surface area contributed by atoms with Gasteiger partial charge in [-0.05, 0) is 29.8 Å². The van der Waals surface area contributed by atoms with E-state index in [4.69, 9.17) is 23.2 Å². The number of amides is 2. The molecule has 0 fully saturated rings. The lowest BCUT2D eigenvalue weighted by atomic mass is 10.1. The van der Waals surface area contributed by atoms with Crippen LogP contribution in [0, 0.1) is 0 Å². The van der Waals surface area contributed by atoms with E-state index in [9.17, 15) is 9.59 Å². The van der Waals surface area contributed by atoms with Crippen molar-refractivity contribution in [2.45, 2.75) is 6.54 Å². The van der Waals surface area contributed by atoms with Crippen molar-refractivity contribution < 1.29 is 9.59 Å². The van der Waals surface area contributed by atoms with E-state index >= 15 is 0 Å². The highest BCUT2D eigenvalue weighted by Gasteiger charge is 2.19. The lowest BCUT2D eigenvalue weighted by Crippen LogP contribution is -2.25. The third-order valence-electron chi connectivity index (χ3n) is 4.67. The summed E-state index contributed by atoms with van der Waals surface area (Å²) in [6, 6.07) is 18.2. The third-order valence-corrected chi connectivity index (χ3v) is 5.30. The molecule has 0 unspecified atom stereocenters. The maximum absolute atomic E-state index is 12.6. The molecule has 4 aromatic rings. The van der Waals surface area contributed by atoms with Gasteiger partial charge in [0, 0.05) is 18.3 Å². The fraction of sp³-hybridized carbons (Fsp3) is 0.0435. The molecule has 4 rings (SSSR count). The summed E-state index contributed by atoms with van der Waals surface area (Å²) in [7, 11) is 0. The second kappa shape index (κ2) is 9.64. The van der Waals surface area contributed by atoms with Crippen molar-refractivity contribution in [1.29, 1.82) is 0 Å². The molecular weight excluding hydrogens is 449 g/mol. The van der Waals surface area contributed by atoms with Gasteiger partial charge in [-0.3, -0.25) is 19.7 Å². The first-order valence-electron chi connectivity index (χ1n) is 9.60. The molecule has 0 saturated heterocycles. The van der Waals surface area contributed by atoms with Gasteiger partial charge in [-0.1, -0.05) is 59.6 Å². The van der Waals surface area contributed by atoms with Crippen molar-refractivity contribution >= 4 is 40.7 Å². The summed E-state index contributed by atoms with van der Waals surface area (Å²) >= 11 is 12.2. The number of nitrogens with zero attached hydrogens (tertiary/aromatic N) is 2. The highest BCUT2D eigenvalue weighted by molar-refractivity contribution is 6.40. The highest BCUT2D eigenvalue weighted by atomic mass is 35.5. The fourth-order valence-corrected chi connectivity index (χ4v) is 3.62. The number of hydrogen-bond donors (Lipinski definition) is 3. The Balaban J connectivity index is 1.41. The summed E-state index contributed by atoms with van der Waals surface area (Å²) in [4.78, 5) is 29.6. The van der Waals surface area contributed by atoms with Crippen molar-refractivity contribution in [2.75, 3.05) is 5.32 Å². The molecule has 0 atom stereocenters. The summed E-state index contributed by atoms with van der Waals surface area (Å²) in [5.74, 6) is -0.960. The number of carbonyl (C=O) groups excluding carboxylic acids is 2. The molecule has 0 spiro atoms. The van der Waals surface area contributed by atoms with E-state index in [-0.39, 0.29) is 27.0 Å². The van der Waals surface area contributed by atoms with Crippen LogP contribution in [0.15, 0.2) is 73.1 Å². The SMILES string of the molecule is O=C(NCc1ccc(-c2ccccn2)cc1)c1[nH]ncc1NC(=O)c1c(Cl)cccc1Cl. The number of anilines is 1. The molecule has 3 N–H and O–H groups in total. The zero-order valence-corrected chi connectivity index (χ0v) is 18.1. The Morgan fingerprint density at radius 1 is 0.906 bits per heavy atom. The van der Waals surface area contributed by atoms with Gasteiger partial charge in [-0.25, -0.2) is 0 Å². The molecule has 0 aliphatic carbocycles. The molecule has 0 bridgehead atoms. The first kappa shape index (κ1) is 21.5. The molecule has 2 heterocycles. The van der Waals surface area contributed by atoms with Gasteiger partial charge in [-0.2, -0.15) is 5.10 Å². The van der Waals surface area contributed by atoms with Gasteiger partial charge in [0.2, 0.25) is 0 Å². The first-order valence-corrected chi connectivity index (χ1v) is 10.4. The van der Waals surface area contributed by atoms with Crippen LogP contribution in [0.4, 0.5) is 5.69 Å². The monoisotopic (exact) mass is 465 g/mol.